The molecule has 0 aromatic heterocycles. The Morgan fingerprint density at radius 3 is 2.89 bits per heavy atom. The highest BCUT2D eigenvalue weighted by Gasteiger charge is 2.21. The fourth-order valence-corrected chi connectivity index (χ4v) is 2.30. The van der Waals surface area contributed by atoms with Crippen LogP contribution in [0.4, 0.5) is 5.69 Å². The number of anilines is 1. The molecular formula is C13H18Cl2N2O. The third kappa shape index (κ3) is 3.87. The molecule has 0 radical (unpaired) electrons. The molecule has 1 aromatic carbocycles. The standard InChI is InChI=1S/C13H17ClN2O.ClH/c1-9-7-11(14)4-5-12(9)16-13(17)10-3-2-6-15-8-10;/h4-5,7,10,15H,2-3,6,8H2,1H3,(H,16,17);1H. The van der Waals surface area contributed by atoms with Crippen molar-refractivity contribution in [3.05, 3.63) is 28.8 Å². The third-order valence-electron chi connectivity index (χ3n) is 3.11. The zero-order chi connectivity index (χ0) is 12.3. The average Bonchev–Trinajstić information content (AvgIpc) is 2.34. The van der Waals surface area contributed by atoms with Gasteiger partial charge in [0, 0.05) is 17.3 Å². The Morgan fingerprint density at radius 2 is 2.28 bits per heavy atom. The minimum Gasteiger partial charge on any atom is -0.326 e. The number of hydrogen-bond donors (Lipinski definition) is 2. The SMILES string of the molecule is Cc1cc(Cl)ccc1NC(=O)C1CCCNC1.Cl. The predicted octanol–water partition coefficient (Wildman–Crippen LogP) is 3.01. The molecule has 1 atom stereocenters. The van der Waals surface area contributed by atoms with Crippen LogP contribution in [0, 0.1) is 12.8 Å². The van der Waals surface area contributed by atoms with Crippen molar-refractivity contribution in [2.75, 3.05) is 18.4 Å². The largest absolute Gasteiger partial charge is 0.326 e. The van der Waals surface area contributed by atoms with E-state index in [4.69, 9.17) is 11.6 Å². The smallest absolute Gasteiger partial charge is 0.228 e. The first kappa shape index (κ1) is 15.3. The second-order valence-electron chi connectivity index (χ2n) is 4.49. The van der Waals surface area contributed by atoms with Crippen LogP contribution in [-0.4, -0.2) is 19.0 Å². The topological polar surface area (TPSA) is 41.1 Å². The number of carbonyl (C=O) groups excluding carboxylic acids is 1. The highest BCUT2D eigenvalue weighted by Crippen LogP contribution is 2.21. The summed E-state index contributed by atoms with van der Waals surface area (Å²) in [6, 6.07) is 5.51. The van der Waals surface area contributed by atoms with Gasteiger partial charge in [-0.15, -0.1) is 12.4 Å². The molecule has 2 N–H and O–H groups in total. The van der Waals surface area contributed by atoms with Crippen LogP contribution < -0.4 is 10.6 Å². The van der Waals surface area contributed by atoms with E-state index in [-0.39, 0.29) is 24.2 Å². The van der Waals surface area contributed by atoms with Crippen molar-refractivity contribution in [1.82, 2.24) is 5.32 Å². The molecule has 1 heterocycles. The molecule has 5 heteroatoms. The highest BCUT2D eigenvalue weighted by molar-refractivity contribution is 6.30. The van der Waals surface area contributed by atoms with Gasteiger partial charge in [-0.25, -0.2) is 0 Å². The van der Waals surface area contributed by atoms with E-state index in [0.717, 1.165) is 37.2 Å². The molecule has 100 valence electrons. The summed E-state index contributed by atoms with van der Waals surface area (Å²) in [5, 5.41) is 6.91. The summed E-state index contributed by atoms with van der Waals surface area (Å²) in [6.07, 6.45) is 2.03. The lowest BCUT2D eigenvalue weighted by Crippen LogP contribution is -2.37. The number of benzene rings is 1. The second kappa shape index (κ2) is 6.98. The minimum absolute atomic E-state index is 0. The van der Waals surface area contributed by atoms with Crippen molar-refractivity contribution >= 4 is 35.6 Å². The molecule has 3 nitrogen and oxygen atoms in total. The Bertz CT molecular complexity index is 417. The molecule has 1 aromatic rings. The summed E-state index contributed by atoms with van der Waals surface area (Å²) in [5.74, 6) is 0.182. The van der Waals surface area contributed by atoms with Crippen LogP contribution in [0.25, 0.3) is 0 Å². The summed E-state index contributed by atoms with van der Waals surface area (Å²) in [5.41, 5.74) is 1.85. The fraction of sp³-hybridized carbons (Fsp3) is 0.462. The minimum atomic E-state index is 0. The fourth-order valence-electron chi connectivity index (χ4n) is 2.08. The van der Waals surface area contributed by atoms with Crippen LogP contribution in [0.1, 0.15) is 18.4 Å². The molecule has 1 aliphatic heterocycles. The number of piperidine rings is 1. The van der Waals surface area contributed by atoms with E-state index in [1.807, 2.05) is 19.1 Å². The van der Waals surface area contributed by atoms with Crippen LogP contribution >= 0.6 is 24.0 Å². The molecule has 18 heavy (non-hydrogen) atoms. The first-order valence-electron chi connectivity index (χ1n) is 5.94. The van der Waals surface area contributed by atoms with Crippen LogP contribution in [-0.2, 0) is 4.79 Å². The maximum atomic E-state index is 12.0. The lowest BCUT2D eigenvalue weighted by atomic mass is 9.98. The average molecular weight is 289 g/mol. The third-order valence-corrected chi connectivity index (χ3v) is 3.35. The molecule has 1 aliphatic rings. The van der Waals surface area contributed by atoms with E-state index in [0.29, 0.717) is 5.02 Å². The van der Waals surface area contributed by atoms with Gasteiger partial charge in [0.1, 0.15) is 0 Å². The molecular weight excluding hydrogens is 271 g/mol. The zero-order valence-electron chi connectivity index (χ0n) is 10.3. The maximum Gasteiger partial charge on any atom is 0.228 e. The summed E-state index contributed by atoms with van der Waals surface area (Å²) >= 11 is 5.88. The highest BCUT2D eigenvalue weighted by atomic mass is 35.5. The van der Waals surface area contributed by atoms with Gasteiger partial charge in [-0.05, 0) is 50.1 Å². The summed E-state index contributed by atoms with van der Waals surface area (Å²) in [4.78, 5) is 12.0. The van der Waals surface area contributed by atoms with Crippen LogP contribution in [0.3, 0.4) is 0 Å². The van der Waals surface area contributed by atoms with Gasteiger partial charge in [0.25, 0.3) is 0 Å². The lowest BCUT2D eigenvalue weighted by Gasteiger charge is -2.22. The molecule has 0 bridgehead atoms. The first-order valence-corrected chi connectivity index (χ1v) is 6.32. The van der Waals surface area contributed by atoms with E-state index < -0.39 is 0 Å². The predicted molar refractivity (Wildman–Crippen MR) is 77.7 cm³/mol. The Balaban J connectivity index is 0.00000162. The summed E-state index contributed by atoms with van der Waals surface area (Å²) in [7, 11) is 0. The van der Waals surface area contributed by atoms with Gasteiger partial charge in [-0.3, -0.25) is 4.79 Å². The van der Waals surface area contributed by atoms with E-state index in [1.165, 1.54) is 0 Å². The van der Waals surface area contributed by atoms with Gasteiger partial charge >= 0.3 is 0 Å². The molecule has 0 saturated carbocycles. The van der Waals surface area contributed by atoms with E-state index >= 15 is 0 Å². The van der Waals surface area contributed by atoms with Crippen molar-refractivity contribution in [3.63, 3.8) is 0 Å². The van der Waals surface area contributed by atoms with Gasteiger partial charge in [0.2, 0.25) is 5.91 Å². The number of rotatable bonds is 2. The molecule has 1 amide bonds. The number of amides is 1. The van der Waals surface area contributed by atoms with Crippen molar-refractivity contribution in [2.24, 2.45) is 5.92 Å². The Morgan fingerprint density at radius 1 is 1.50 bits per heavy atom. The molecule has 0 aliphatic carbocycles. The quantitative estimate of drug-likeness (QED) is 0.878. The normalized spacial score (nSPS) is 18.9. The van der Waals surface area contributed by atoms with Crippen LogP contribution in [0.15, 0.2) is 18.2 Å². The van der Waals surface area contributed by atoms with Gasteiger partial charge < -0.3 is 10.6 Å². The molecule has 1 fully saturated rings. The lowest BCUT2D eigenvalue weighted by molar-refractivity contribution is -0.120. The molecule has 1 unspecified atom stereocenters. The zero-order valence-corrected chi connectivity index (χ0v) is 11.9. The molecule has 2 rings (SSSR count). The molecule has 1 saturated heterocycles. The van der Waals surface area contributed by atoms with Crippen LogP contribution in [0.5, 0.6) is 0 Å². The number of halogens is 2. The van der Waals surface area contributed by atoms with Crippen molar-refractivity contribution in [3.8, 4) is 0 Å². The second-order valence-corrected chi connectivity index (χ2v) is 4.93. The maximum absolute atomic E-state index is 12.0. The monoisotopic (exact) mass is 288 g/mol. The van der Waals surface area contributed by atoms with Gasteiger partial charge in [0.05, 0.1) is 5.92 Å². The Hall–Kier alpha value is -0.770. The van der Waals surface area contributed by atoms with E-state index in [1.54, 1.807) is 6.07 Å². The first-order chi connectivity index (χ1) is 8.16. The molecule has 0 spiro atoms. The number of aryl methyl sites for hydroxylation is 1. The van der Waals surface area contributed by atoms with Crippen molar-refractivity contribution < 1.29 is 4.79 Å². The van der Waals surface area contributed by atoms with E-state index in [9.17, 15) is 4.79 Å². The van der Waals surface area contributed by atoms with Gasteiger partial charge in [0.15, 0.2) is 0 Å². The Labute approximate surface area is 119 Å². The van der Waals surface area contributed by atoms with Crippen LogP contribution in [0.2, 0.25) is 5.02 Å². The van der Waals surface area contributed by atoms with Gasteiger partial charge in [-0.2, -0.15) is 0 Å². The van der Waals surface area contributed by atoms with Crippen molar-refractivity contribution in [2.45, 2.75) is 19.8 Å². The Kier molecular flexibility index (Phi) is 5.93. The number of nitrogens with one attached hydrogen (secondary N) is 2. The van der Waals surface area contributed by atoms with E-state index in [2.05, 4.69) is 10.6 Å². The van der Waals surface area contributed by atoms with Gasteiger partial charge in [-0.1, -0.05) is 11.6 Å². The summed E-state index contributed by atoms with van der Waals surface area (Å²) < 4.78 is 0. The van der Waals surface area contributed by atoms with Crippen molar-refractivity contribution in [1.29, 1.82) is 0 Å². The number of carbonyl (C=O) groups is 1. The number of hydrogen-bond acceptors (Lipinski definition) is 2. The summed E-state index contributed by atoms with van der Waals surface area (Å²) in [6.45, 7) is 3.74.